The lowest BCUT2D eigenvalue weighted by Crippen LogP contribution is -2.36. The summed E-state index contributed by atoms with van der Waals surface area (Å²) < 4.78 is 11.3. The van der Waals surface area contributed by atoms with E-state index in [1.165, 1.54) is 22.4 Å². The monoisotopic (exact) mass is 664 g/mol. The molecule has 4 aromatic rings. The van der Waals surface area contributed by atoms with Gasteiger partial charge in [0.1, 0.15) is 22.9 Å². The van der Waals surface area contributed by atoms with Gasteiger partial charge in [-0.3, -0.25) is 9.80 Å². The third-order valence-corrected chi connectivity index (χ3v) is 9.61. The summed E-state index contributed by atoms with van der Waals surface area (Å²) in [5.74, 6) is 1.66. The maximum absolute atomic E-state index is 12.9. The first-order valence-electron chi connectivity index (χ1n) is 17.7. The summed E-state index contributed by atoms with van der Waals surface area (Å²) in [6.45, 7) is 12.7. The summed E-state index contributed by atoms with van der Waals surface area (Å²) in [6.07, 6.45) is 7.48. The lowest BCUT2D eigenvalue weighted by atomic mass is 9.95. The molecule has 0 saturated carbocycles. The van der Waals surface area contributed by atoms with Gasteiger partial charge in [0.05, 0.1) is 29.7 Å². The molecule has 10 nitrogen and oxygen atoms in total. The molecule has 7 rings (SSSR count). The Kier molecular flexibility index (Phi) is 8.53. The van der Waals surface area contributed by atoms with Crippen LogP contribution >= 0.6 is 0 Å². The van der Waals surface area contributed by atoms with Gasteiger partial charge in [-0.2, -0.15) is 0 Å². The van der Waals surface area contributed by atoms with Crippen LogP contribution in [-0.2, 0) is 28.7 Å². The Balaban J connectivity index is 1.05. The maximum Gasteiger partial charge on any atom is 0.410 e. The average Bonchev–Trinajstić information content (AvgIpc) is 3.84. The van der Waals surface area contributed by atoms with E-state index in [2.05, 4.69) is 57.4 Å². The summed E-state index contributed by atoms with van der Waals surface area (Å²) in [5, 5.41) is 0. The minimum Gasteiger partial charge on any atom is -0.444 e. The van der Waals surface area contributed by atoms with Gasteiger partial charge in [0.2, 0.25) is 0 Å². The van der Waals surface area contributed by atoms with Crippen molar-refractivity contribution >= 4 is 12.2 Å². The molecular formula is C39H48N6O4. The molecular weight excluding hydrogens is 616 g/mol. The van der Waals surface area contributed by atoms with E-state index < -0.39 is 11.2 Å². The van der Waals surface area contributed by atoms with Crippen molar-refractivity contribution in [1.82, 2.24) is 29.7 Å². The van der Waals surface area contributed by atoms with Crippen LogP contribution in [0.15, 0.2) is 48.7 Å². The van der Waals surface area contributed by atoms with Crippen LogP contribution < -0.4 is 0 Å². The van der Waals surface area contributed by atoms with Gasteiger partial charge < -0.3 is 19.4 Å². The van der Waals surface area contributed by atoms with E-state index in [0.717, 1.165) is 79.1 Å². The van der Waals surface area contributed by atoms with Gasteiger partial charge in [0, 0.05) is 25.2 Å². The highest BCUT2D eigenvalue weighted by Gasteiger charge is 2.36. The number of aromatic amines is 2. The largest absolute Gasteiger partial charge is 0.444 e. The number of carbonyl (C=O) groups excluding carboxylic acids is 2. The third kappa shape index (κ3) is 7.09. The Morgan fingerprint density at radius 3 is 1.96 bits per heavy atom. The lowest BCUT2D eigenvalue weighted by molar-refractivity contribution is 0.0208. The molecule has 258 valence electrons. The molecule has 0 radical (unpaired) electrons. The number of aryl methyl sites for hydroxylation is 2. The van der Waals surface area contributed by atoms with E-state index >= 15 is 0 Å². The number of fused-ring (bicyclic) bond motifs is 2. The van der Waals surface area contributed by atoms with Crippen molar-refractivity contribution in [2.24, 2.45) is 0 Å². The number of aromatic nitrogens is 4. The standard InChI is InChI=1S/C39H48N6O4/c1-38(2,3)48-36(46)44-19-7-9-32(44)34-40-23-31(43-34)26-14-11-24(12-15-26)27-16-13-25-17-18-29-30(22-28(25)21-27)42-35(41-29)33-10-8-20-45(33)37(47)49-39(4,5)6/h11-16,21,23,32-33H,7-10,17-20,22H2,1-6H3,(H,40,43)(H,41,42)/t32-,33-/m0/s1. The predicted octanol–water partition coefficient (Wildman–Crippen LogP) is 8.30. The number of rotatable bonds is 4. The zero-order chi connectivity index (χ0) is 34.5. The zero-order valence-electron chi connectivity index (χ0n) is 29.6. The zero-order valence-corrected chi connectivity index (χ0v) is 29.6. The molecule has 10 heteroatoms. The van der Waals surface area contributed by atoms with Crippen LogP contribution in [-0.4, -0.2) is 66.2 Å². The number of imidazole rings is 2. The van der Waals surface area contributed by atoms with Crippen LogP contribution in [0.25, 0.3) is 22.4 Å². The summed E-state index contributed by atoms with van der Waals surface area (Å²) >= 11 is 0. The highest BCUT2D eigenvalue weighted by atomic mass is 16.6. The van der Waals surface area contributed by atoms with Crippen LogP contribution in [0.1, 0.15) is 113 Å². The number of H-pyrrole nitrogens is 2. The van der Waals surface area contributed by atoms with Gasteiger partial charge in [-0.15, -0.1) is 0 Å². The first-order valence-corrected chi connectivity index (χ1v) is 17.7. The number of amides is 2. The smallest absolute Gasteiger partial charge is 0.410 e. The molecule has 0 unspecified atom stereocenters. The van der Waals surface area contributed by atoms with Gasteiger partial charge >= 0.3 is 12.2 Å². The summed E-state index contributed by atoms with van der Waals surface area (Å²) in [7, 11) is 0. The predicted molar refractivity (Wildman–Crippen MR) is 188 cm³/mol. The number of hydrogen-bond donors (Lipinski definition) is 2. The van der Waals surface area contributed by atoms with Crippen LogP contribution in [0.5, 0.6) is 0 Å². The molecule has 4 heterocycles. The topological polar surface area (TPSA) is 116 Å². The molecule has 2 fully saturated rings. The van der Waals surface area contributed by atoms with Crippen LogP contribution in [0.4, 0.5) is 9.59 Å². The first kappa shape index (κ1) is 32.9. The van der Waals surface area contributed by atoms with E-state index in [9.17, 15) is 9.59 Å². The minimum atomic E-state index is -0.537. The number of benzene rings is 2. The molecule has 0 spiro atoms. The quantitative estimate of drug-likeness (QED) is 0.227. The second-order valence-electron chi connectivity index (χ2n) is 15.6. The number of hydrogen-bond acceptors (Lipinski definition) is 6. The molecule has 49 heavy (non-hydrogen) atoms. The van der Waals surface area contributed by atoms with Crippen LogP contribution in [0.2, 0.25) is 0 Å². The Morgan fingerprint density at radius 1 is 0.735 bits per heavy atom. The van der Waals surface area contributed by atoms with Crippen molar-refractivity contribution in [3.05, 3.63) is 82.8 Å². The Bertz CT molecular complexity index is 1840. The highest BCUT2D eigenvalue weighted by molar-refractivity contribution is 5.71. The van der Waals surface area contributed by atoms with Crippen molar-refractivity contribution in [3.8, 4) is 22.4 Å². The number of nitrogens with one attached hydrogen (secondary N) is 2. The normalized spacial score (nSPS) is 19.4. The van der Waals surface area contributed by atoms with Crippen molar-refractivity contribution in [1.29, 1.82) is 0 Å². The lowest BCUT2D eigenvalue weighted by Gasteiger charge is -2.27. The number of ether oxygens (including phenoxy) is 2. The molecule has 2 aliphatic heterocycles. The van der Waals surface area contributed by atoms with Gasteiger partial charge in [-0.1, -0.05) is 42.5 Å². The van der Waals surface area contributed by atoms with Crippen LogP contribution in [0.3, 0.4) is 0 Å². The van der Waals surface area contributed by atoms with E-state index in [0.29, 0.717) is 13.1 Å². The minimum absolute atomic E-state index is 0.0841. The van der Waals surface area contributed by atoms with Crippen molar-refractivity contribution in [2.75, 3.05) is 13.1 Å². The number of likely N-dealkylation sites (tertiary alicyclic amines) is 2. The van der Waals surface area contributed by atoms with Gasteiger partial charge in [0.25, 0.3) is 0 Å². The molecule has 2 saturated heterocycles. The van der Waals surface area contributed by atoms with Crippen LogP contribution in [0, 0.1) is 0 Å². The van der Waals surface area contributed by atoms with E-state index in [4.69, 9.17) is 14.5 Å². The number of carbonyl (C=O) groups is 2. The van der Waals surface area contributed by atoms with E-state index in [1.54, 1.807) is 4.90 Å². The molecule has 3 aliphatic rings. The second kappa shape index (κ2) is 12.7. The van der Waals surface area contributed by atoms with E-state index in [1.807, 2.05) is 52.6 Å². The van der Waals surface area contributed by atoms with Crippen molar-refractivity contribution < 1.29 is 19.1 Å². The van der Waals surface area contributed by atoms with Gasteiger partial charge in [0.15, 0.2) is 0 Å². The molecule has 1 aliphatic carbocycles. The fourth-order valence-corrected chi connectivity index (χ4v) is 7.31. The first-order chi connectivity index (χ1) is 23.3. The second-order valence-corrected chi connectivity index (χ2v) is 15.6. The van der Waals surface area contributed by atoms with Gasteiger partial charge in [-0.05, 0) is 108 Å². The van der Waals surface area contributed by atoms with Crippen molar-refractivity contribution in [2.45, 2.75) is 110 Å². The Labute approximate surface area is 288 Å². The molecule has 2 N–H and O–H groups in total. The Morgan fingerprint density at radius 2 is 1.33 bits per heavy atom. The fourth-order valence-electron chi connectivity index (χ4n) is 7.31. The van der Waals surface area contributed by atoms with E-state index in [-0.39, 0.29) is 24.3 Å². The SMILES string of the molecule is CC(C)(C)OC(=O)N1CCC[C@H]1c1ncc(-c2ccc(-c3ccc4c(c3)Cc3nc([C@@H]5CCCN5C(=O)OC(C)(C)C)[nH]c3CC4)cc2)[nH]1. The summed E-state index contributed by atoms with van der Waals surface area (Å²) in [4.78, 5) is 46.2. The molecule has 2 aromatic heterocycles. The molecule has 2 aromatic carbocycles. The molecule has 0 bridgehead atoms. The third-order valence-electron chi connectivity index (χ3n) is 9.61. The van der Waals surface area contributed by atoms with Gasteiger partial charge in [-0.25, -0.2) is 19.6 Å². The summed E-state index contributed by atoms with van der Waals surface area (Å²) in [5.41, 5.74) is 8.08. The average molecular weight is 665 g/mol. The Hall–Kier alpha value is -4.60. The molecule has 2 atom stereocenters. The summed E-state index contributed by atoms with van der Waals surface area (Å²) in [6, 6.07) is 15.1. The fraction of sp³-hybridized carbons (Fsp3) is 0.487. The number of nitrogens with zero attached hydrogens (tertiary/aromatic N) is 4. The van der Waals surface area contributed by atoms with Crippen molar-refractivity contribution in [3.63, 3.8) is 0 Å². The molecule has 2 amide bonds. The highest BCUT2D eigenvalue weighted by Crippen LogP contribution is 2.36. The maximum atomic E-state index is 12.9.